The summed E-state index contributed by atoms with van der Waals surface area (Å²) in [6, 6.07) is 19.8. The first-order chi connectivity index (χ1) is 12.4. The van der Waals surface area contributed by atoms with E-state index in [1.807, 2.05) is 71.4 Å². The van der Waals surface area contributed by atoms with Crippen molar-refractivity contribution in [3.8, 4) is 5.69 Å². The molecule has 0 saturated carbocycles. The molecule has 0 aliphatic heterocycles. The maximum Gasteiger partial charge on any atom is 0.135 e. The molecule has 0 fully saturated rings. The molecule has 0 aliphatic carbocycles. The largest absolute Gasteiger partial charge is 0.340 e. The SMILES string of the molecule is c1ccc(Nc2cc(Nc3ccc(-n4ccnc4)cc3)ncn2)cc1. The van der Waals surface area contributed by atoms with Crippen molar-refractivity contribution in [1.82, 2.24) is 19.5 Å². The minimum atomic E-state index is 0.726. The highest BCUT2D eigenvalue weighted by atomic mass is 15.1. The highest BCUT2D eigenvalue weighted by Gasteiger charge is 2.01. The van der Waals surface area contributed by atoms with Gasteiger partial charge in [-0.25, -0.2) is 15.0 Å². The Morgan fingerprint density at radius 2 is 1.44 bits per heavy atom. The van der Waals surface area contributed by atoms with Crippen LogP contribution in [-0.4, -0.2) is 19.5 Å². The molecular weight excluding hydrogens is 312 g/mol. The van der Waals surface area contributed by atoms with Crippen LogP contribution in [0.2, 0.25) is 0 Å². The van der Waals surface area contributed by atoms with E-state index in [0.717, 1.165) is 28.7 Å². The summed E-state index contributed by atoms with van der Waals surface area (Å²) in [6.07, 6.45) is 6.98. The van der Waals surface area contributed by atoms with Gasteiger partial charge in [0.1, 0.15) is 18.0 Å². The molecule has 0 amide bonds. The normalized spacial score (nSPS) is 10.4. The Kier molecular flexibility index (Phi) is 4.07. The average Bonchev–Trinajstić information content (AvgIpc) is 3.18. The minimum absolute atomic E-state index is 0.726. The lowest BCUT2D eigenvalue weighted by Crippen LogP contribution is -1.98. The van der Waals surface area contributed by atoms with Gasteiger partial charge >= 0.3 is 0 Å². The predicted molar refractivity (Wildman–Crippen MR) is 98.6 cm³/mol. The Morgan fingerprint density at radius 3 is 2.08 bits per heavy atom. The molecule has 2 heterocycles. The van der Waals surface area contributed by atoms with Crippen molar-refractivity contribution >= 4 is 23.0 Å². The Balaban J connectivity index is 1.48. The highest BCUT2D eigenvalue weighted by molar-refractivity contribution is 5.63. The topological polar surface area (TPSA) is 67.7 Å². The molecule has 0 bridgehead atoms. The molecule has 6 nitrogen and oxygen atoms in total. The van der Waals surface area contributed by atoms with Gasteiger partial charge in [0.15, 0.2) is 0 Å². The number of nitrogens with one attached hydrogen (secondary N) is 2. The first-order valence-electron chi connectivity index (χ1n) is 7.86. The first-order valence-corrected chi connectivity index (χ1v) is 7.86. The zero-order chi connectivity index (χ0) is 16.9. The number of para-hydroxylation sites is 1. The average molecular weight is 328 g/mol. The third-order valence-electron chi connectivity index (χ3n) is 3.66. The van der Waals surface area contributed by atoms with E-state index in [2.05, 4.69) is 25.6 Å². The van der Waals surface area contributed by atoms with Crippen LogP contribution in [0.1, 0.15) is 0 Å². The summed E-state index contributed by atoms with van der Waals surface area (Å²) in [6.45, 7) is 0. The van der Waals surface area contributed by atoms with E-state index in [0.29, 0.717) is 0 Å². The van der Waals surface area contributed by atoms with Gasteiger partial charge in [-0.3, -0.25) is 0 Å². The van der Waals surface area contributed by atoms with Crippen LogP contribution in [0, 0.1) is 0 Å². The summed E-state index contributed by atoms with van der Waals surface area (Å²) in [5.74, 6) is 1.46. The molecule has 0 radical (unpaired) electrons. The van der Waals surface area contributed by atoms with Crippen LogP contribution in [0.15, 0.2) is 85.7 Å². The monoisotopic (exact) mass is 328 g/mol. The Hall–Kier alpha value is -3.67. The fourth-order valence-corrected chi connectivity index (χ4v) is 2.44. The second kappa shape index (κ2) is 6.84. The lowest BCUT2D eigenvalue weighted by molar-refractivity contribution is 1.06. The molecule has 6 heteroatoms. The summed E-state index contributed by atoms with van der Waals surface area (Å²) in [5, 5.41) is 6.54. The second-order valence-electron chi connectivity index (χ2n) is 5.42. The third-order valence-corrected chi connectivity index (χ3v) is 3.66. The van der Waals surface area contributed by atoms with Crippen LogP contribution in [-0.2, 0) is 0 Å². The summed E-state index contributed by atoms with van der Waals surface area (Å²) in [5.41, 5.74) is 2.99. The highest BCUT2D eigenvalue weighted by Crippen LogP contribution is 2.20. The van der Waals surface area contributed by atoms with Crippen LogP contribution in [0.3, 0.4) is 0 Å². The van der Waals surface area contributed by atoms with E-state index in [1.165, 1.54) is 6.33 Å². The molecule has 2 aromatic carbocycles. The Bertz CT molecular complexity index is 933. The molecule has 0 unspecified atom stereocenters. The van der Waals surface area contributed by atoms with Gasteiger partial charge in [-0.2, -0.15) is 0 Å². The van der Waals surface area contributed by atoms with Gasteiger partial charge in [-0.1, -0.05) is 18.2 Å². The predicted octanol–water partition coefficient (Wildman–Crippen LogP) is 4.15. The molecule has 25 heavy (non-hydrogen) atoms. The van der Waals surface area contributed by atoms with Gasteiger partial charge in [0.2, 0.25) is 0 Å². The van der Waals surface area contributed by atoms with Crippen LogP contribution >= 0.6 is 0 Å². The maximum absolute atomic E-state index is 4.27. The van der Waals surface area contributed by atoms with E-state index in [-0.39, 0.29) is 0 Å². The zero-order valence-corrected chi connectivity index (χ0v) is 13.4. The molecule has 4 rings (SSSR count). The molecule has 2 N–H and O–H groups in total. The lowest BCUT2D eigenvalue weighted by Gasteiger charge is -2.09. The number of aromatic nitrogens is 4. The van der Waals surface area contributed by atoms with Crippen molar-refractivity contribution in [2.75, 3.05) is 10.6 Å². The van der Waals surface area contributed by atoms with E-state index in [4.69, 9.17) is 0 Å². The van der Waals surface area contributed by atoms with E-state index in [9.17, 15) is 0 Å². The quantitative estimate of drug-likeness (QED) is 0.576. The van der Waals surface area contributed by atoms with E-state index >= 15 is 0 Å². The minimum Gasteiger partial charge on any atom is -0.340 e. The van der Waals surface area contributed by atoms with Crippen LogP contribution in [0.25, 0.3) is 5.69 Å². The zero-order valence-electron chi connectivity index (χ0n) is 13.4. The molecule has 0 aliphatic rings. The van der Waals surface area contributed by atoms with Gasteiger partial charge in [-0.15, -0.1) is 0 Å². The van der Waals surface area contributed by atoms with E-state index < -0.39 is 0 Å². The Labute approximate surface area is 145 Å². The number of benzene rings is 2. The molecule has 0 saturated heterocycles. The molecule has 2 aromatic heterocycles. The van der Waals surface area contributed by atoms with Crippen molar-refractivity contribution in [3.63, 3.8) is 0 Å². The summed E-state index contributed by atoms with van der Waals surface area (Å²) < 4.78 is 1.95. The number of hydrogen-bond donors (Lipinski definition) is 2. The van der Waals surface area contributed by atoms with E-state index in [1.54, 1.807) is 12.5 Å². The number of rotatable bonds is 5. The number of hydrogen-bond acceptors (Lipinski definition) is 5. The molecule has 0 atom stereocenters. The molecular formula is C19H16N6. The van der Waals surface area contributed by atoms with Gasteiger partial charge < -0.3 is 15.2 Å². The smallest absolute Gasteiger partial charge is 0.135 e. The van der Waals surface area contributed by atoms with Crippen molar-refractivity contribution in [2.45, 2.75) is 0 Å². The number of anilines is 4. The Morgan fingerprint density at radius 1 is 0.760 bits per heavy atom. The fourth-order valence-electron chi connectivity index (χ4n) is 2.44. The van der Waals surface area contributed by atoms with Crippen LogP contribution < -0.4 is 10.6 Å². The fraction of sp³-hybridized carbons (Fsp3) is 0. The number of imidazole rings is 1. The molecule has 0 spiro atoms. The second-order valence-corrected chi connectivity index (χ2v) is 5.42. The maximum atomic E-state index is 4.27. The number of nitrogens with zero attached hydrogens (tertiary/aromatic N) is 4. The first kappa shape index (κ1) is 14.9. The molecule has 4 aromatic rings. The van der Waals surface area contributed by atoms with Gasteiger partial charge in [0.25, 0.3) is 0 Å². The van der Waals surface area contributed by atoms with Crippen molar-refractivity contribution in [2.24, 2.45) is 0 Å². The summed E-state index contributed by atoms with van der Waals surface area (Å²) >= 11 is 0. The van der Waals surface area contributed by atoms with Crippen LogP contribution in [0.5, 0.6) is 0 Å². The van der Waals surface area contributed by atoms with Crippen molar-refractivity contribution < 1.29 is 0 Å². The summed E-state index contributed by atoms with van der Waals surface area (Å²) in [4.78, 5) is 12.6. The third kappa shape index (κ3) is 3.64. The van der Waals surface area contributed by atoms with Gasteiger partial charge in [0.05, 0.1) is 6.33 Å². The van der Waals surface area contributed by atoms with Gasteiger partial charge in [0, 0.05) is 35.5 Å². The van der Waals surface area contributed by atoms with Crippen molar-refractivity contribution in [3.05, 3.63) is 85.7 Å². The lowest BCUT2D eigenvalue weighted by atomic mass is 10.2. The van der Waals surface area contributed by atoms with Gasteiger partial charge in [-0.05, 0) is 36.4 Å². The summed E-state index contributed by atoms with van der Waals surface area (Å²) in [7, 11) is 0. The standard InChI is InChI=1S/C19H16N6/c1-2-4-15(5-3-1)23-18-12-19(22-13-21-18)24-16-6-8-17(9-7-16)25-11-10-20-14-25/h1-14H,(H2,21,22,23,24). The van der Waals surface area contributed by atoms with Crippen LogP contribution in [0.4, 0.5) is 23.0 Å². The van der Waals surface area contributed by atoms with Crippen molar-refractivity contribution in [1.29, 1.82) is 0 Å². The molecule has 122 valence electrons.